The zero-order valence-corrected chi connectivity index (χ0v) is 10.4. The van der Waals surface area contributed by atoms with Crippen molar-refractivity contribution in [1.82, 2.24) is 9.55 Å². The van der Waals surface area contributed by atoms with Crippen LogP contribution in [0.15, 0.2) is 22.7 Å². The van der Waals surface area contributed by atoms with Gasteiger partial charge in [0.2, 0.25) is 0 Å². The fourth-order valence-corrected chi connectivity index (χ4v) is 2.61. The summed E-state index contributed by atoms with van der Waals surface area (Å²) in [4.78, 5) is 4.65. The van der Waals surface area contributed by atoms with Crippen molar-refractivity contribution >= 4 is 26.8 Å². The van der Waals surface area contributed by atoms with Crippen LogP contribution in [0.3, 0.4) is 0 Å². The van der Waals surface area contributed by atoms with Crippen LogP contribution in [0.1, 0.15) is 18.7 Å². The van der Waals surface area contributed by atoms with Gasteiger partial charge in [0.05, 0.1) is 5.52 Å². The van der Waals surface area contributed by atoms with Crippen molar-refractivity contribution in [3.05, 3.63) is 34.0 Å². The lowest BCUT2D eigenvalue weighted by molar-refractivity contribution is 0.493. The first-order chi connectivity index (χ1) is 7.75. The molecule has 0 amide bonds. The molecule has 16 heavy (non-hydrogen) atoms. The van der Waals surface area contributed by atoms with Gasteiger partial charge in [-0.05, 0) is 31.0 Å². The Kier molecular flexibility index (Phi) is 2.32. The van der Waals surface area contributed by atoms with E-state index in [1.54, 1.807) is 0 Å². The maximum absolute atomic E-state index is 8.20. The smallest absolute Gasteiger partial charge is 0.135 e. The predicted molar refractivity (Wildman–Crippen MR) is 66.2 cm³/mol. The fraction of sp³-hybridized carbons (Fsp3) is 0.333. The summed E-state index contributed by atoms with van der Waals surface area (Å²) in [7, 11) is 0. The predicted octanol–water partition coefficient (Wildman–Crippen LogP) is 2.61. The number of halogens is 1. The molecule has 1 aliphatic rings. The molecular weight excluding hydrogens is 266 g/mol. The highest BCUT2D eigenvalue weighted by atomic mass is 79.9. The molecule has 0 bridgehead atoms. The second-order valence-electron chi connectivity index (χ2n) is 4.15. The summed E-state index contributed by atoms with van der Waals surface area (Å²) in [5.41, 5.74) is 1.53. The minimum atomic E-state index is 0.604. The van der Waals surface area contributed by atoms with Gasteiger partial charge < -0.3 is 4.57 Å². The van der Waals surface area contributed by atoms with Crippen LogP contribution >= 0.6 is 15.9 Å². The molecule has 0 atom stereocenters. The summed E-state index contributed by atoms with van der Waals surface area (Å²) in [6.45, 7) is 0.938. The molecule has 0 unspecified atom stereocenters. The normalized spacial score (nSPS) is 15.1. The lowest BCUT2D eigenvalue weighted by Gasteiger charge is -2.19. The molecule has 0 fully saturated rings. The lowest BCUT2D eigenvalue weighted by atomic mass is 10.1. The average Bonchev–Trinajstić information content (AvgIpc) is 2.29. The third kappa shape index (κ3) is 1.48. The summed E-state index contributed by atoms with van der Waals surface area (Å²) in [6, 6.07) is 5.93. The first-order valence-corrected chi connectivity index (χ1v) is 6.28. The van der Waals surface area contributed by atoms with Crippen molar-refractivity contribution in [2.45, 2.75) is 25.8 Å². The van der Waals surface area contributed by atoms with Crippen LogP contribution in [0.5, 0.6) is 0 Å². The molecule has 0 saturated heterocycles. The van der Waals surface area contributed by atoms with Crippen LogP contribution in [0, 0.1) is 5.41 Å². The van der Waals surface area contributed by atoms with Gasteiger partial charge in [-0.3, -0.25) is 5.41 Å². The number of hydrogen-bond acceptors (Lipinski definition) is 2. The van der Waals surface area contributed by atoms with E-state index in [9.17, 15) is 0 Å². The number of fused-ring (bicyclic) bond motifs is 2. The molecule has 2 heterocycles. The zero-order chi connectivity index (χ0) is 11.1. The Morgan fingerprint density at radius 1 is 1.31 bits per heavy atom. The van der Waals surface area contributed by atoms with Crippen molar-refractivity contribution < 1.29 is 0 Å². The lowest BCUT2D eigenvalue weighted by Crippen LogP contribution is -2.28. The molecule has 0 radical (unpaired) electrons. The van der Waals surface area contributed by atoms with E-state index >= 15 is 0 Å². The van der Waals surface area contributed by atoms with Gasteiger partial charge in [-0.15, -0.1) is 0 Å². The van der Waals surface area contributed by atoms with Crippen molar-refractivity contribution in [2.75, 3.05) is 0 Å². The van der Waals surface area contributed by atoms with Gasteiger partial charge in [-0.1, -0.05) is 15.9 Å². The highest BCUT2D eigenvalue weighted by Gasteiger charge is 2.12. The zero-order valence-electron chi connectivity index (χ0n) is 8.83. The monoisotopic (exact) mass is 277 g/mol. The van der Waals surface area contributed by atoms with Crippen molar-refractivity contribution in [1.29, 1.82) is 5.41 Å². The first-order valence-electron chi connectivity index (χ1n) is 5.49. The van der Waals surface area contributed by atoms with Crippen LogP contribution in [-0.2, 0) is 13.0 Å². The van der Waals surface area contributed by atoms with Gasteiger partial charge in [-0.2, -0.15) is 0 Å². The fourth-order valence-electron chi connectivity index (χ4n) is 2.26. The van der Waals surface area contributed by atoms with Crippen molar-refractivity contribution in [3.63, 3.8) is 0 Å². The highest BCUT2D eigenvalue weighted by Crippen LogP contribution is 2.18. The average molecular weight is 278 g/mol. The van der Waals surface area contributed by atoms with Crippen LogP contribution in [0.2, 0.25) is 0 Å². The van der Waals surface area contributed by atoms with E-state index in [2.05, 4.69) is 20.9 Å². The van der Waals surface area contributed by atoms with Crippen LogP contribution in [0.4, 0.5) is 0 Å². The largest absolute Gasteiger partial charge is 0.314 e. The molecule has 1 aliphatic heterocycles. The quantitative estimate of drug-likeness (QED) is 0.790. The molecule has 1 aromatic carbocycles. The first kappa shape index (κ1) is 10.0. The van der Waals surface area contributed by atoms with Crippen molar-refractivity contribution in [2.24, 2.45) is 0 Å². The Morgan fingerprint density at radius 3 is 3.06 bits per heavy atom. The van der Waals surface area contributed by atoms with E-state index in [-0.39, 0.29) is 0 Å². The molecule has 1 N–H and O–H groups in total. The van der Waals surface area contributed by atoms with Gasteiger partial charge in [-0.25, -0.2) is 4.98 Å². The number of hydrogen-bond donors (Lipinski definition) is 1. The summed E-state index contributed by atoms with van der Waals surface area (Å²) in [6.07, 6.45) is 3.34. The molecular formula is C12H12BrN3. The van der Waals surface area contributed by atoms with Gasteiger partial charge >= 0.3 is 0 Å². The van der Waals surface area contributed by atoms with E-state index in [4.69, 9.17) is 5.41 Å². The van der Waals surface area contributed by atoms with E-state index in [0.29, 0.717) is 5.49 Å². The SMILES string of the molecule is N=c1c2ccc(Br)cc2nc2n1CCCC2. The third-order valence-corrected chi connectivity index (χ3v) is 3.57. The molecule has 3 rings (SSSR count). The number of aromatic nitrogens is 2. The standard InChI is InChI=1S/C12H12BrN3/c13-8-4-5-9-10(7-8)15-11-3-1-2-6-16(11)12(9)14/h4-5,7,14H,1-3,6H2. The van der Waals surface area contributed by atoms with Crippen LogP contribution in [-0.4, -0.2) is 9.55 Å². The highest BCUT2D eigenvalue weighted by molar-refractivity contribution is 9.10. The maximum Gasteiger partial charge on any atom is 0.135 e. The topological polar surface area (TPSA) is 41.7 Å². The summed E-state index contributed by atoms with van der Waals surface area (Å²) < 4.78 is 3.06. The molecule has 0 saturated carbocycles. The Labute approximate surface area is 102 Å². The third-order valence-electron chi connectivity index (χ3n) is 3.08. The molecule has 0 aliphatic carbocycles. The summed E-state index contributed by atoms with van der Waals surface area (Å²) >= 11 is 3.44. The van der Waals surface area contributed by atoms with Gasteiger partial charge in [0.15, 0.2) is 0 Å². The molecule has 1 aromatic heterocycles. The number of aryl methyl sites for hydroxylation is 1. The van der Waals surface area contributed by atoms with Gasteiger partial charge in [0.1, 0.15) is 11.3 Å². The Hall–Kier alpha value is -1.16. The molecule has 4 heteroatoms. The van der Waals surface area contributed by atoms with E-state index in [1.165, 1.54) is 6.42 Å². The number of nitrogens with zero attached hydrogens (tertiary/aromatic N) is 2. The van der Waals surface area contributed by atoms with Crippen LogP contribution < -0.4 is 5.49 Å². The minimum absolute atomic E-state index is 0.604. The Balaban J connectivity index is 2.39. The summed E-state index contributed by atoms with van der Waals surface area (Å²) in [5, 5.41) is 9.13. The Morgan fingerprint density at radius 2 is 2.19 bits per heavy atom. The molecule has 82 valence electrons. The van der Waals surface area contributed by atoms with Gasteiger partial charge in [0.25, 0.3) is 0 Å². The number of rotatable bonds is 0. The second-order valence-corrected chi connectivity index (χ2v) is 5.06. The van der Waals surface area contributed by atoms with Crippen LogP contribution in [0.25, 0.3) is 10.9 Å². The Bertz CT molecular complexity index is 615. The minimum Gasteiger partial charge on any atom is -0.314 e. The molecule has 2 aromatic rings. The number of benzene rings is 1. The molecule has 3 nitrogen and oxygen atoms in total. The van der Waals surface area contributed by atoms with E-state index < -0.39 is 0 Å². The van der Waals surface area contributed by atoms with Gasteiger partial charge in [0, 0.05) is 22.8 Å². The van der Waals surface area contributed by atoms with Crippen molar-refractivity contribution in [3.8, 4) is 0 Å². The maximum atomic E-state index is 8.20. The molecule has 0 spiro atoms. The summed E-state index contributed by atoms with van der Waals surface area (Å²) in [5.74, 6) is 1.06. The van der Waals surface area contributed by atoms with E-state index in [0.717, 1.165) is 40.6 Å². The second kappa shape index (κ2) is 3.70. The van der Waals surface area contributed by atoms with E-state index in [1.807, 2.05) is 22.8 Å². The number of nitrogens with one attached hydrogen (secondary N) is 1.